The maximum absolute atomic E-state index is 12.5. The van der Waals surface area contributed by atoms with Crippen LogP contribution in [0.4, 0.5) is 0 Å². The van der Waals surface area contributed by atoms with Crippen LogP contribution in [0.5, 0.6) is 0 Å². The van der Waals surface area contributed by atoms with Gasteiger partial charge in [-0.1, -0.05) is 12.2 Å². The lowest BCUT2D eigenvalue weighted by atomic mass is 10.1. The number of imidazole rings is 1. The molecule has 2 aliphatic rings. The molecule has 1 fully saturated rings. The molecule has 6 nitrogen and oxygen atoms in total. The Hall–Kier alpha value is -2.11. The van der Waals surface area contributed by atoms with E-state index in [1.807, 2.05) is 4.90 Å². The zero-order valence-electron chi connectivity index (χ0n) is 14.2. The van der Waals surface area contributed by atoms with Crippen LogP contribution in [0.15, 0.2) is 0 Å². The molecule has 130 valence electrons. The number of likely N-dealkylation sites (tertiary alicyclic amines) is 1. The monoisotopic (exact) mass is 331 g/mol. The summed E-state index contributed by atoms with van der Waals surface area (Å²) >= 11 is 0. The maximum atomic E-state index is 12.5. The Morgan fingerprint density at radius 1 is 1.29 bits per heavy atom. The van der Waals surface area contributed by atoms with Gasteiger partial charge in [-0.05, 0) is 38.5 Å². The summed E-state index contributed by atoms with van der Waals surface area (Å²) in [6, 6.07) is 0.0607. The molecule has 1 aromatic rings. The number of unbranched alkanes of at least 4 members (excludes halogenated alkanes) is 1. The maximum Gasteiger partial charge on any atom is 0.305 e. The number of methoxy groups -OCH3 is 1. The number of nitrogens with one attached hydrogen (secondary N) is 1. The number of carbonyl (C=O) groups is 2. The minimum absolute atomic E-state index is 0.0607. The van der Waals surface area contributed by atoms with Crippen LogP contribution in [0, 0.1) is 0 Å². The lowest BCUT2D eigenvalue weighted by Gasteiger charge is -2.23. The molecule has 1 aliphatic carbocycles. The van der Waals surface area contributed by atoms with Crippen LogP contribution in [-0.4, -0.2) is 40.4 Å². The van der Waals surface area contributed by atoms with Gasteiger partial charge in [0.05, 0.1) is 23.8 Å². The van der Waals surface area contributed by atoms with Gasteiger partial charge in [0.25, 0.3) is 0 Å². The number of amides is 1. The third kappa shape index (κ3) is 3.68. The molecular weight excluding hydrogens is 306 g/mol. The minimum atomic E-state index is -0.213. The molecule has 1 saturated heterocycles. The third-order valence-corrected chi connectivity index (χ3v) is 4.77. The molecule has 1 unspecified atom stereocenters. The van der Waals surface area contributed by atoms with E-state index in [4.69, 9.17) is 4.98 Å². The van der Waals surface area contributed by atoms with E-state index in [9.17, 15) is 9.59 Å². The molecule has 2 heterocycles. The highest BCUT2D eigenvalue weighted by molar-refractivity contribution is 5.77. The number of rotatable bonds is 6. The summed E-state index contributed by atoms with van der Waals surface area (Å²) < 4.78 is 4.62. The number of fused-ring (bicyclic) bond motifs is 1. The quantitative estimate of drug-likeness (QED) is 0.627. The molecule has 1 aliphatic heterocycles. The van der Waals surface area contributed by atoms with E-state index in [1.54, 1.807) is 0 Å². The number of ether oxygens (including phenoxy) is 1. The van der Waals surface area contributed by atoms with Crippen molar-refractivity contribution in [2.24, 2.45) is 0 Å². The second-order valence-electron chi connectivity index (χ2n) is 6.43. The summed E-state index contributed by atoms with van der Waals surface area (Å²) in [5.74, 6) is 0.856. The van der Waals surface area contributed by atoms with Gasteiger partial charge < -0.3 is 14.6 Å². The Bertz CT molecular complexity index is 689. The van der Waals surface area contributed by atoms with Crippen molar-refractivity contribution in [1.82, 2.24) is 14.9 Å². The van der Waals surface area contributed by atoms with E-state index in [-0.39, 0.29) is 17.9 Å². The van der Waals surface area contributed by atoms with Crippen LogP contribution in [0.25, 0.3) is 12.2 Å². The summed E-state index contributed by atoms with van der Waals surface area (Å²) in [5.41, 5.74) is 0. The fourth-order valence-corrected chi connectivity index (χ4v) is 3.48. The van der Waals surface area contributed by atoms with Crippen molar-refractivity contribution in [3.63, 3.8) is 0 Å². The summed E-state index contributed by atoms with van der Waals surface area (Å²) in [6.07, 6.45) is 10.6. The number of esters is 1. The molecule has 0 bridgehead atoms. The molecule has 0 radical (unpaired) electrons. The van der Waals surface area contributed by atoms with Crippen LogP contribution in [-0.2, 0) is 14.3 Å². The van der Waals surface area contributed by atoms with Gasteiger partial charge in [0, 0.05) is 19.4 Å². The normalized spacial score (nSPS) is 19.4. The van der Waals surface area contributed by atoms with Crippen LogP contribution in [0.3, 0.4) is 0 Å². The van der Waals surface area contributed by atoms with Gasteiger partial charge in [-0.25, -0.2) is 4.98 Å². The number of hydrogen-bond acceptors (Lipinski definition) is 4. The Balaban J connectivity index is 1.60. The molecule has 3 rings (SSSR count). The average Bonchev–Trinajstić information content (AvgIpc) is 3.24. The first-order valence-corrected chi connectivity index (χ1v) is 8.81. The number of aromatic amines is 1. The summed E-state index contributed by atoms with van der Waals surface area (Å²) in [5, 5.41) is 2.11. The fraction of sp³-hybridized carbons (Fsp3) is 0.611. The van der Waals surface area contributed by atoms with Crippen molar-refractivity contribution >= 4 is 24.0 Å². The smallest absolute Gasteiger partial charge is 0.305 e. The topological polar surface area (TPSA) is 75.3 Å². The molecule has 1 aromatic heterocycles. The van der Waals surface area contributed by atoms with Crippen LogP contribution < -0.4 is 10.7 Å². The predicted octanol–water partition coefficient (Wildman–Crippen LogP) is 1.16. The Morgan fingerprint density at radius 2 is 2.08 bits per heavy atom. The van der Waals surface area contributed by atoms with E-state index in [1.165, 1.54) is 7.11 Å². The highest BCUT2D eigenvalue weighted by atomic mass is 16.5. The molecule has 1 atom stereocenters. The van der Waals surface area contributed by atoms with Crippen molar-refractivity contribution in [3.05, 3.63) is 16.5 Å². The van der Waals surface area contributed by atoms with E-state index in [0.29, 0.717) is 25.7 Å². The first-order valence-electron chi connectivity index (χ1n) is 8.81. The van der Waals surface area contributed by atoms with Gasteiger partial charge in [0.15, 0.2) is 0 Å². The molecule has 0 saturated carbocycles. The largest absolute Gasteiger partial charge is 0.469 e. The molecular formula is C18H25N3O3. The number of hydrogen-bond donors (Lipinski definition) is 1. The van der Waals surface area contributed by atoms with Crippen molar-refractivity contribution < 1.29 is 14.3 Å². The molecule has 6 heteroatoms. The van der Waals surface area contributed by atoms with E-state index in [2.05, 4.69) is 21.9 Å². The van der Waals surface area contributed by atoms with Gasteiger partial charge in [-0.15, -0.1) is 0 Å². The summed E-state index contributed by atoms with van der Waals surface area (Å²) in [6.45, 7) is 0.791. The van der Waals surface area contributed by atoms with Crippen LogP contribution >= 0.6 is 0 Å². The Kier molecular flexibility index (Phi) is 5.33. The summed E-state index contributed by atoms with van der Waals surface area (Å²) in [7, 11) is 1.39. The standard InChI is InChI=1S/C18H25N3O3/c1-24-17(23)11-5-4-10-16(22)21-12-6-9-15(21)18-19-13-7-2-3-8-14(13)20-18/h7-8,15H,2-6,9-12H2,1H3,(H,19,20). The van der Waals surface area contributed by atoms with Gasteiger partial charge in [0.1, 0.15) is 5.82 Å². The van der Waals surface area contributed by atoms with Crippen molar-refractivity contribution in [1.29, 1.82) is 0 Å². The SMILES string of the molecule is COC(=O)CCCCC(=O)N1CCCC1c1nc2c([nH]1)=CCCC=2. The van der Waals surface area contributed by atoms with Gasteiger partial charge in [0.2, 0.25) is 5.91 Å². The number of carbonyl (C=O) groups excluding carboxylic acids is 2. The second kappa shape index (κ2) is 7.64. The molecule has 1 amide bonds. The fourth-order valence-electron chi connectivity index (χ4n) is 3.48. The van der Waals surface area contributed by atoms with Crippen LogP contribution in [0.2, 0.25) is 0 Å². The molecule has 24 heavy (non-hydrogen) atoms. The van der Waals surface area contributed by atoms with E-state index >= 15 is 0 Å². The molecule has 1 N–H and O–H groups in total. The molecule has 0 aromatic carbocycles. The highest BCUT2D eigenvalue weighted by Crippen LogP contribution is 2.30. The van der Waals surface area contributed by atoms with E-state index in [0.717, 1.165) is 48.8 Å². The lowest BCUT2D eigenvalue weighted by Crippen LogP contribution is -2.31. The summed E-state index contributed by atoms with van der Waals surface area (Å²) in [4.78, 5) is 33.7. The van der Waals surface area contributed by atoms with Crippen molar-refractivity contribution in [3.8, 4) is 0 Å². The van der Waals surface area contributed by atoms with Crippen molar-refractivity contribution in [2.45, 2.75) is 57.4 Å². The number of nitrogens with zero attached hydrogens (tertiary/aromatic N) is 2. The minimum Gasteiger partial charge on any atom is -0.469 e. The first-order chi connectivity index (χ1) is 11.7. The van der Waals surface area contributed by atoms with Crippen molar-refractivity contribution in [2.75, 3.05) is 13.7 Å². The van der Waals surface area contributed by atoms with Crippen LogP contribution in [0.1, 0.15) is 63.2 Å². The first kappa shape index (κ1) is 16.7. The second-order valence-corrected chi connectivity index (χ2v) is 6.43. The van der Waals surface area contributed by atoms with Gasteiger partial charge in [-0.2, -0.15) is 0 Å². The number of aromatic nitrogens is 2. The third-order valence-electron chi connectivity index (χ3n) is 4.77. The Morgan fingerprint density at radius 3 is 2.88 bits per heavy atom. The van der Waals surface area contributed by atoms with Gasteiger partial charge >= 0.3 is 5.97 Å². The zero-order chi connectivity index (χ0) is 16.9. The molecule has 0 spiro atoms. The Labute approximate surface area is 141 Å². The predicted molar refractivity (Wildman–Crippen MR) is 90.2 cm³/mol. The lowest BCUT2D eigenvalue weighted by molar-refractivity contribution is -0.141. The number of H-pyrrole nitrogens is 1. The van der Waals surface area contributed by atoms with E-state index < -0.39 is 0 Å². The van der Waals surface area contributed by atoms with Gasteiger partial charge in [-0.3, -0.25) is 9.59 Å². The average molecular weight is 331 g/mol. The highest BCUT2D eigenvalue weighted by Gasteiger charge is 2.31. The zero-order valence-corrected chi connectivity index (χ0v) is 14.2.